The first kappa shape index (κ1) is 10.4. The number of thioether (sulfide) groups is 1. The van der Waals surface area contributed by atoms with Gasteiger partial charge >= 0.3 is 0 Å². The minimum absolute atomic E-state index is 0.112. The summed E-state index contributed by atoms with van der Waals surface area (Å²) in [5.74, 6) is 0. The van der Waals surface area contributed by atoms with Crippen LogP contribution in [0.1, 0.15) is 4.88 Å². The number of rotatable bonds is 2. The molecule has 0 atom stereocenters. The summed E-state index contributed by atoms with van der Waals surface area (Å²) in [5, 5.41) is 10.2. The molecule has 2 rings (SSSR count). The maximum Gasteiger partial charge on any atom is 0.0774 e. The monoisotopic (exact) mass is 242 g/mol. The summed E-state index contributed by atoms with van der Waals surface area (Å²) in [7, 11) is 0. The highest BCUT2D eigenvalue weighted by Gasteiger charge is 2.07. The maximum absolute atomic E-state index is 9.04. The molecule has 0 aliphatic carbocycles. The molecule has 0 bridgehead atoms. The van der Waals surface area contributed by atoms with E-state index < -0.39 is 0 Å². The molecule has 0 aliphatic rings. The first-order valence-corrected chi connectivity index (χ1v) is 6.64. The number of thiophene rings is 1. The molecule has 0 saturated carbocycles. The lowest BCUT2D eigenvalue weighted by Crippen LogP contribution is -1.73. The molecule has 0 radical (unpaired) electrons. The summed E-state index contributed by atoms with van der Waals surface area (Å²) in [6.45, 7) is 0.112. The highest BCUT2D eigenvalue weighted by Crippen LogP contribution is 2.36. The van der Waals surface area contributed by atoms with Crippen LogP contribution in [0.4, 0.5) is 0 Å². The van der Waals surface area contributed by atoms with E-state index in [1.54, 1.807) is 23.1 Å². The Balaban J connectivity index is 2.68. The predicted molar refractivity (Wildman–Crippen MR) is 66.8 cm³/mol. The lowest BCUT2D eigenvalue weighted by molar-refractivity contribution is 0.285. The second-order valence-electron chi connectivity index (χ2n) is 2.91. The van der Waals surface area contributed by atoms with Crippen molar-refractivity contribution in [2.75, 3.05) is 6.26 Å². The zero-order valence-electron chi connectivity index (χ0n) is 7.65. The van der Waals surface area contributed by atoms with Crippen molar-refractivity contribution in [2.45, 2.75) is 16.4 Å². The van der Waals surface area contributed by atoms with E-state index in [-0.39, 0.29) is 6.61 Å². The molecular weight excluding hydrogens is 232 g/mol. The number of aliphatic hydroxyl groups is 1. The van der Waals surface area contributed by atoms with Crippen LogP contribution in [0.2, 0.25) is 0 Å². The van der Waals surface area contributed by atoms with Crippen LogP contribution in [0.15, 0.2) is 28.0 Å². The third kappa shape index (κ3) is 1.67. The standard InChI is InChI=1S/C10H10OS3/c1-13-8-3-2-6-4-7(5-11)14-10(6)9(8)12/h2-4,11-12H,5H2,1H3. The smallest absolute Gasteiger partial charge is 0.0774 e. The molecule has 1 N–H and O–H groups in total. The number of hydrogen-bond donors (Lipinski definition) is 2. The van der Waals surface area contributed by atoms with Gasteiger partial charge in [-0.2, -0.15) is 0 Å². The molecular formula is C10H10OS3. The minimum Gasteiger partial charge on any atom is -0.391 e. The third-order valence-corrected chi connectivity index (χ3v) is 4.75. The lowest BCUT2D eigenvalue weighted by atomic mass is 10.2. The van der Waals surface area contributed by atoms with Gasteiger partial charge in [-0.05, 0) is 23.8 Å². The van der Waals surface area contributed by atoms with Crippen LogP contribution in [-0.4, -0.2) is 11.4 Å². The first-order chi connectivity index (χ1) is 6.76. The van der Waals surface area contributed by atoms with Gasteiger partial charge in [-0.1, -0.05) is 6.07 Å². The van der Waals surface area contributed by atoms with Crippen LogP contribution < -0.4 is 0 Å². The fraction of sp³-hybridized carbons (Fsp3) is 0.200. The van der Waals surface area contributed by atoms with Crippen LogP contribution in [0.25, 0.3) is 10.1 Å². The normalized spacial score (nSPS) is 11.1. The molecule has 1 aromatic carbocycles. The summed E-state index contributed by atoms with van der Waals surface area (Å²) in [5.41, 5.74) is 0. The van der Waals surface area contributed by atoms with E-state index in [1.807, 2.05) is 12.3 Å². The molecule has 1 heterocycles. The van der Waals surface area contributed by atoms with Gasteiger partial charge in [-0.15, -0.1) is 35.7 Å². The van der Waals surface area contributed by atoms with Crippen molar-refractivity contribution >= 4 is 45.8 Å². The molecule has 0 aliphatic heterocycles. The molecule has 0 saturated heterocycles. The number of fused-ring (bicyclic) bond motifs is 1. The number of hydrogen-bond acceptors (Lipinski definition) is 4. The Kier molecular flexibility index (Phi) is 3.07. The third-order valence-electron chi connectivity index (χ3n) is 2.05. The van der Waals surface area contributed by atoms with Crippen molar-refractivity contribution in [3.8, 4) is 0 Å². The van der Waals surface area contributed by atoms with Gasteiger partial charge < -0.3 is 5.11 Å². The van der Waals surface area contributed by atoms with E-state index in [4.69, 9.17) is 5.11 Å². The Morgan fingerprint density at radius 2 is 2.29 bits per heavy atom. The van der Waals surface area contributed by atoms with E-state index in [2.05, 4.69) is 24.8 Å². The minimum atomic E-state index is 0.112. The van der Waals surface area contributed by atoms with Crippen molar-refractivity contribution in [1.82, 2.24) is 0 Å². The largest absolute Gasteiger partial charge is 0.391 e. The Labute approximate surface area is 96.6 Å². The second-order valence-corrected chi connectivity index (χ2v) is 5.34. The molecule has 2 aromatic rings. The number of aliphatic hydroxyl groups excluding tert-OH is 1. The quantitative estimate of drug-likeness (QED) is 0.622. The van der Waals surface area contributed by atoms with Gasteiger partial charge in [0.15, 0.2) is 0 Å². The summed E-state index contributed by atoms with van der Waals surface area (Å²) >= 11 is 7.81. The fourth-order valence-electron chi connectivity index (χ4n) is 1.37. The van der Waals surface area contributed by atoms with E-state index in [0.29, 0.717) is 0 Å². The van der Waals surface area contributed by atoms with Gasteiger partial charge in [-0.25, -0.2) is 0 Å². The van der Waals surface area contributed by atoms with Gasteiger partial charge in [-0.3, -0.25) is 0 Å². The Bertz CT molecular complexity index is 462. The highest BCUT2D eigenvalue weighted by atomic mass is 32.2. The Morgan fingerprint density at radius 1 is 1.50 bits per heavy atom. The Morgan fingerprint density at radius 3 is 2.93 bits per heavy atom. The highest BCUT2D eigenvalue weighted by molar-refractivity contribution is 7.99. The molecule has 1 aromatic heterocycles. The lowest BCUT2D eigenvalue weighted by Gasteiger charge is -2.01. The van der Waals surface area contributed by atoms with Crippen molar-refractivity contribution in [2.24, 2.45) is 0 Å². The van der Waals surface area contributed by atoms with Gasteiger partial charge in [0.05, 0.1) is 6.61 Å². The summed E-state index contributed by atoms with van der Waals surface area (Å²) in [4.78, 5) is 3.21. The van der Waals surface area contributed by atoms with Crippen molar-refractivity contribution in [3.63, 3.8) is 0 Å². The van der Waals surface area contributed by atoms with Crippen LogP contribution in [0.3, 0.4) is 0 Å². The number of thiol groups is 1. The van der Waals surface area contributed by atoms with Gasteiger partial charge in [0.2, 0.25) is 0 Å². The topological polar surface area (TPSA) is 20.2 Å². The predicted octanol–water partition coefficient (Wildman–Crippen LogP) is 3.40. The van der Waals surface area contributed by atoms with E-state index >= 15 is 0 Å². The SMILES string of the molecule is CSc1ccc2cc(CO)sc2c1S. The molecule has 74 valence electrons. The first-order valence-electron chi connectivity index (χ1n) is 4.15. The molecule has 0 fully saturated rings. The van der Waals surface area contributed by atoms with E-state index in [9.17, 15) is 0 Å². The van der Waals surface area contributed by atoms with Gasteiger partial charge in [0.25, 0.3) is 0 Å². The zero-order valence-corrected chi connectivity index (χ0v) is 10.2. The van der Waals surface area contributed by atoms with E-state index in [1.165, 1.54) is 15.0 Å². The van der Waals surface area contributed by atoms with Gasteiger partial charge in [0, 0.05) is 19.4 Å². The summed E-state index contributed by atoms with van der Waals surface area (Å²) < 4.78 is 1.17. The molecule has 0 spiro atoms. The van der Waals surface area contributed by atoms with Crippen LogP contribution in [0, 0.1) is 0 Å². The van der Waals surface area contributed by atoms with Crippen LogP contribution in [0.5, 0.6) is 0 Å². The zero-order chi connectivity index (χ0) is 10.1. The average molecular weight is 242 g/mol. The average Bonchev–Trinajstić information content (AvgIpc) is 2.62. The maximum atomic E-state index is 9.04. The number of benzene rings is 1. The van der Waals surface area contributed by atoms with Crippen molar-refractivity contribution in [1.29, 1.82) is 0 Å². The molecule has 4 heteroatoms. The van der Waals surface area contributed by atoms with Crippen molar-refractivity contribution < 1.29 is 5.11 Å². The summed E-state index contributed by atoms with van der Waals surface area (Å²) in [6, 6.07) is 6.17. The van der Waals surface area contributed by atoms with Crippen molar-refractivity contribution in [3.05, 3.63) is 23.1 Å². The van der Waals surface area contributed by atoms with Crippen LogP contribution >= 0.6 is 35.7 Å². The molecule has 0 unspecified atom stereocenters. The molecule has 1 nitrogen and oxygen atoms in total. The second kappa shape index (κ2) is 4.14. The molecule has 14 heavy (non-hydrogen) atoms. The van der Waals surface area contributed by atoms with Gasteiger partial charge in [0.1, 0.15) is 0 Å². The van der Waals surface area contributed by atoms with E-state index in [0.717, 1.165) is 9.77 Å². The van der Waals surface area contributed by atoms with Crippen LogP contribution in [-0.2, 0) is 6.61 Å². The summed E-state index contributed by atoms with van der Waals surface area (Å²) in [6.07, 6.45) is 2.04. The molecule has 0 amide bonds. The Hall–Kier alpha value is -0.160. The fourth-order valence-corrected chi connectivity index (χ4v) is 3.51.